The maximum Gasteiger partial charge on any atom is 0.495 e. The summed E-state index contributed by atoms with van der Waals surface area (Å²) in [7, 11) is -0.239. The first-order valence-corrected chi connectivity index (χ1v) is 6.60. The molecule has 4 nitrogen and oxygen atoms in total. The van der Waals surface area contributed by atoms with Crippen molar-refractivity contribution in [3.05, 3.63) is 34.5 Å². The molecule has 0 bridgehead atoms. The van der Waals surface area contributed by atoms with E-state index in [0.29, 0.717) is 25.7 Å². The van der Waals surface area contributed by atoms with Gasteiger partial charge in [-0.15, -0.1) is 0 Å². The van der Waals surface area contributed by atoms with Crippen molar-refractivity contribution in [1.29, 1.82) is 0 Å². The second-order valence-corrected chi connectivity index (χ2v) is 5.28. The Labute approximate surface area is 107 Å². The quantitative estimate of drug-likeness (QED) is 0.736. The Bertz CT molecular complexity index is 479. The molecule has 1 fully saturated rings. The minimum Gasteiger partial charge on any atom is -0.497 e. The highest BCUT2D eigenvalue weighted by atomic mass is 16.6. The standard InChI is InChI=1S/C13H16BNO3/c15-5-11-12(8-1-2-8)10-3-4-16-6-9-7-17-14(18-11)13(9)10/h3-4,8,11H,1-2,5-7,15H2/t11-/m1/s1. The van der Waals surface area contributed by atoms with E-state index in [4.69, 9.17) is 19.8 Å². The minimum atomic E-state index is -0.239. The van der Waals surface area contributed by atoms with E-state index in [1.165, 1.54) is 35.0 Å². The normalized spacial score (nSPS) is 30.5. The number of rotatable bonds is 2. The molecular weight excluding hydrogens is 229 g/mol. The average molecular weight is 245 g/mol. The van der Waals surface area contributed by atoms with Crippen molar-refractivity contribution in [2.24, 2.45) is 11.7 Å². The summed E-state index contributed by atoms with van der Waals surface area (Å²) in [6.07, 6.45) is 6.38. The molecule has 1 saturated carbocycles. The van der Waals surface area contributed by atoms with Gasteiger partial charge in [-0.3, -0.25) is 0 Å². The summed E-state index contributed by atoms with van der Waals surface area (Å²) >= 11 is 0. The van der Waals surface area contributed by atoms with E-state index in [-0.39, 0.29) is 13.2 Å². The highest BCUT2D eigenvalue weighted by molar-refractivity contribution is 6.57. The van der Waals surface area contributed by atoms with Crippen LogP contribution >= 0.6 is 0 Å². The van der Waals surface area contributed by atoms with E-state index < -0.39 is 0 Å². The summed E-state index contributed by atoms with van der Waals surface area (Å²) in [5.74, 6) is 0.645. The molecule has 5 heteroatoms. The van der Waals surface area contributed by atoms with Gasteiger partial charge in [0.25, 0.3) is 0 Å². The molecule has 94 valence electrons. The summed E-state index contributed by atoms with van der Waals surface area (Å²) in [6.45, 7) is 1.74. The first kappa shape index (κ1) is 10.8. The van der Waals surface area contributed by atoms with Gasteiger partial charge in [-0.2, -0.15) is 0 Å². The molecule has 0 spiro atoms. The molecule has 0 unspecified atom stereocenters. The van der Waals surface area contributed by atoms with E-state index in [9.17, 15) is 0 Å². The van der Waals surface area contributed by atoms with Crippen LogP contribution in [0.15, 0.2) is 34.5 Å². The number of nitrogens with two attached hydrogens (primary N) is 1. The van der Waals surface area contributed by atoms with Gasteiger partial charge in [-0.25, -0.2) is 0 Å². The molecule has 2 N–H and O–H groups in total. The van der Waals surface area contributed by atoms with Crippen LogP contribution in [0, 0.1) is 5.92 Å². The van der Waals surface area contributed by atoms with Crippen molar-refractivity contribution in [3.63, 3.8) is 0 Å². The number of allylic oxidation sites excluding steroid dienone is 3. The third-order valence-corrected chi connectivity index (χ3v) is 4.08. The lowest BCUT2D eigenvalue weighted by Crippen LogP contribution is -2.40. The van der Waals surface area contributed by atoms with Crippen LogP contribution in [-0.2, 0) is 14.0 Å². The van der Waals surface area contributed by atoms with Crippen LogP contribution in [0.25, 0.3) is 0 Å². The molecule has 3 aliphatic heterocycles. The lowest BCUT2D eigenvalue weighted by Gasteiger charge is -2.30. The number of hydrogen-bond acceptors (Lipinski definition) is 4. The molecular formula is C13H16BNO3. The zero-order chi connectivity index (χ0) is 12.1. The molecule has 0 radical (unpaired) electrons. The van der Waals surface area contributed by atoms with E-state index in [2.05, 4.69) is 6.08 Å². The van der Waals surface area contributed by atoms with Crippen LogP contribution in [0.5, 0.6) is 0 Å². The van der Waals surface area contributed by atoms with Gasteiger partial charge in [0.1, 0.15) is 6.61 Å². The third-order valence-electron chi connectivity index (χ3n) is 4.08. The Morgan fingerprint density at radius 1 is 1.33 bits per heavy atom. The molecule has 0 aromatic heterocycles. The molecule has 0 saturated heterocycles. The Balaban J connectivity index is 1.89. The van der Waals surface area contributed by atoms with Crippen molar-refractivity contribution in [2.45, 2.75) is 18.9 Å². The van der Waals surface area contributed by atoms with Gasteiger partial charge < -0.3 is 19.8 Å². The maximum atomic E-state index is 6.01. The average Bonchev–Trinajstić information content (AvgIpc) is 3.17. The van der Waals surface area contributed by atoms with Crippen LogP contribution in [0.1, 0.15) is 12.8 Å². The first-order valence-electron chi connectivity index (χ1n) is 6.60. The number of ether oxygens (including phenoxy) is 1. The summed E-state index contributed by atoms with van der Waals surface area (Å²) in [5, 5.41) is 0. The molecule has 0 aromatic carbocycles. The maximum absolute atomic E-state index is 6.01. The van der Waals surface area contributed by atoms with E-state index >= 15 is 0 Å². The fourth-order valence-electron chi connectivity index (χ4n) is 3.11. The van der Waals surface area contributed by atoms with Gasteiger partial charge in [-0.1, -0.05) is 0 Å². The zero-order valence-corrected chi connectivity index (χ0v) is 10.2. The monoisotopic (exact) mass is 245 g/mol. The second kappa shape index (κ2) is 3.98. The van der Waals surface area contributed by atoms with Gasteiger partial charge in [0.05, 0.1) is 19.0 Å². The molecule has 4 aliphatic rings. The van der Waals surface area contributed by atoms with Crippen LogP contribution in [0.2, 0.25) is 0 Å². The van der Waals surface area contributed by atoms with Crippen LogP contribution < -0.4 is 5.73 Å². The lowest BCUT2D eigenvalue weighted by atomic mass is 9.68. The van der Waals surface area contributed by atoms with E-state index in [1.54, 1.807) is 6.26 Å². The van der Waals surface area contributed by atoms with Crippen LogP contribution in [-0.4, -0.2) is 33.0 Å². The highest BCUT2D eigenvalue weighted by Crippen LogP contribution is 2.46. The summed E-state index contributed by atoms with van der Waals surface area (Å²) in [5.41, 5.74) is 10.9. The Morgan fingerprint density at radius 3 is 3.00 bits per heavy atom. The van der Waals surface area contributed by atoms with Crippen molar-refractivity contribution in [2.75, 3.05) is 19.8 Å². The smallest absolute Gasteiger partial charge is 0.495 e. The molecule has 0 aromatic rings. The van der Waals surface area contributed by atoms with Crippen LogP contribution in [0.3, 0.4) is 0 Å². The molecule has 3 heterocycles. The second-order valence-electron chi connectivity index (χ2n) is 5.28. The van der Waals surface area contributed by atoms with Gasteiger partial charge in [0.15, 0.2) is 0 Å². The molecule has 0 amide bonds. The third kappa shape index (κ3) is 1.51. The molecule has 1 aliphatic carbocycles. The summed E-state index contributed by atoms with van der Waals surface area (Å²) in [6, 6.07) is 0. The molecule has 1 atom stereocenters. The molecule has 18 heavy (non-hydrogen) atoms. The lowest BCUT2D eigenvalue weighted by molar-refractivity contribution is 0.171. The fraction of sp³-hybridized carbons (Fsp3) is 0.538. The van der Waals surface area contributed by atoms with E-state index in [0.717, 1.165) is 0 Å². The van der Waals surface area contributed by atoms with Gasteiger partial charge in [0, 0.05) is 6.54 Å². The van der Waals surface area contributed by atoms with Crippen molar-refractivity contribution < 1.29 is 14.0 Å². The number of hydrogen-bond donors (Lipinski definition) is 1. The largest absolute Gasteiger partial charge is 0.497 e. The zero-order valence-electron chi connectivity index (χ0n) is 10.2. The van der Waals surface area contributed by atoms with Crippen molar-refractivity contribution >= 4 is 7.12 Å². The Hall–Kier alpha value is -1.04. The van der Waals surface area contributed by atoms with Gasteiger partial charge in [-0.05, 0) is 47.0 Å². The van der Waals surface area contributed by atoms with Gasteiger partial charge in [0.2, 0.25) is 0 Å². The minimum absolute atomic E-state index is 0.00310. The SMILES string of the molecule is NC[C@H]1OB2OCC3=C2C(=C1C1CC1)C=COC3. The first-order chi connectivity index (χ1) is 8.88. The predicted molar refractivity (Wildman–Crippen MR) is 67.5 cm³/mol. The fourth-order valence-corrected chi connectivity index (χ4v) is 3.11. The van der Waals surface area contributed by atoms with Crippen molar-refractivity contribution in [3.8, 4) is 0 Å². The summed E-state index contributed by atoms with van der Waals surface area (Å²) < 4.78 is 17.2. The predicted octanol–water partition coefficient (Wildman–Crippen LogP) is 0.949. The Morgan fingerprint density at radius 2 is 2.22 bits per heavy atom. The summed E-state index contributed by atoms with van der Waals surface area (Å²) in [4.78, 5) is 0. The topological polar surface area (TPSA) is 53.7 Å². The molecule has 4 rings (SSSR count). The Kier molecular flexibility index (Phi) is 2.40. The van der Waals surface area contributed by atoms with Crippen molar-refractivity contribution in [1.82, 2.24) is 0 Å². The highest BCUT2D eigenvalue weighted by Gasteiger charge is 2.46. The van der Waals surface area contributed by atoms with E-state index in [1.807, 2.05) is 0 Å². The van der Waals surface area contributed by atoms with Gasteiger partial charge >= 0.3 is 7.12 Å². The van der Waals surface area contributed by atoms with Crippen LogP contribution in [0.4, 0.5) is 0 Å².